The van der Waals surface area contributed by atoms with Gasteiger partial charge in [-0.1, -0.05) is 97.2 Å². The number of rotatable bonds is 3. The molecule has 0 aliphatic heterocycles. The van der Waals surface area contributed by atoms with Gasteiger partial charge < -0.3 is 4.57 Å². The summed E-state index contributed by atoms with van der Waals surface area (Å²) in [6.07, 6.45) is 2.00. The van der Waals surface area contributed by atoms with E-state index in [9.17, 15) is 0 Å². The molecule has 0 N–H and O–H groups in total. The summed E-state index contributed by atoms with van der Waals surface area (Å²) in [5, 5.41) is 0. The van der Waals surface area contributed by atoms with Gasteiger partial charge in [-0.3, -0.25) is 4.57 Å². The number of hydrogen-bond donors (Lipinski definition) is 0. The summed E-state index contributed by atoms with van der Waals surface area (Å²) in [6, 6.07) is 28.3. The van der Waals surface area contributed by atoms with Crippen LogP contribution in [0.4, 0.5) is 0 Å². The van der Waals surface area contributed by atoms with Crippen molar-refractivity contribution in [2.24, 2.45) is 7.05 Å². The van der Waals surface area contributed by atoms with E-state index in [4.69, 9.17) is 34.4 Å². The fourth-order valence-electron chi connectivity index (χ4n) is 4.32. The summed E-state index contributed by atoms with van der Waals surface area (Å²) < 4.78 is 4.11. The van der Waals surface area contributed by atoms with E-state index in [2.05, 4.69) is 28.8 Å². The first-order valence-electron chi connectivity index (χ1n) is 10.6. The number of aryl methyl sites for hydroxylation is 1. The summed E-state index contributed by atoms with van der Waals surface area (Å²) in [6.45, 7) is 0. The van der Waals surface area contributed by atoms with Crippen LogP contribution >= 0.6 is 24.4 Å². The molecule has 5 aromatic rings. The minimum absolute atomic E-state index is 0.751. The third-order valence-corrected chi connectivity index (χ3v) is 6.81. The van der Waals surface area contributed by atoms with Gasteiger partial charge in [-0.25, -0.2) is 9.97 Å². The third-order valence-electron chi connectivity index (χ3n) is 5.93. The van der Waals surface area contributed by atoms with Gasteiger partial charge in [0.05, 0.1) is 9.73 Å². The lowest BCUT2D eigenvalue weighted by molar-refractivity contribution is 0.933. The highest BCUT2D eigenvalue weighted by Gasteiger charge is 2.28. The molecule has 2 heterocycles. The molecule has 1 aliphatic rings. The Balaban J connectivity index is 1.58. The number of hydrogen-bond acceptors (Lipinski definition) is 4. The van der Waals surface area contributed by atoms with E-state index in [0.29, 0.717) is 0 Å². The number of allylic oxidation sites excluding steroid dienone is 1. The molecule has 0 saturated carbocycles. The van der Waals surface area contributed by atoms with Crippen molar-refractivity contribution < 1.29 is 0 Å². The van der Waals surface area contributed by atoms with Crippen LogP contribution in [0.1, 0.15) is 17.0 Å². The second kappa shape index (κ2) is 7.69. The number of para-hydroxylation sites is 1. The van der Waals surface area contributed by atoms with Crippen LogP contribution in [0, 0.1) is 0 Å². The van der Waals surface area contributed by atoms with Gasteiger partial charge in [-0.05, 0) is 18.2 Å². The quantitative estimate of drug-likeness (QED) is 0.245. The third kappa shape index (κ3) is 3.10. The van der Waals surface area contributed by atoms with Gasteiger partial charge in [0, 0.05) is 35.0 Å². The second-order valence-corrected chi connectivity index (χ2v) is 8.73. The number of thiocarbonyl (C=S) groups is 2. The maximum atomic E-state index is 5.79. The van der Waals surface area contributed by atoms with Crippen molar-refractivity contribution in [1.29, 1.82) is 0 Å². The van der Waals surface area contributed by atoms with Gasteiger partial charge in [0.25, 0.3) is 0 Å². The van der Waals surface area contributed by atoms with Crippen molar-refractivity contribution in [1.82, 2.24) is 19.1 Å². The molecule has 0 spiro atoms. The van der Waals surface area contributed by atoms with Crippen molar-refractivity contribution in [3.05, 3.63) is 107 Å². The zero-order chi connectivity index (χ0) is 22.5. The fraction of sp³-hybridized carbons (Fsp3) is 0.0370. The molecule has 0 atom stereocenters. The van der Waals surface area contributed by atoms with E-state index in [0.717, 1.165) is 60.6 Å². The SMILES string of the molecule is Cn1c(-c2ccccc2)nc2c1nc(C=C1C(=S)c3ccccc3C1=S)n2-c1ccccc1. The first kappa shape index (κ1) is 19.9. The minimum Gasteiger partial charge on any atom is -0.310 e. The minimum atomic E-state index is 0.751. The number of benzene rings is 3. The highest BCUT2D eigenvalue weighted by Crippen LogP contribution is 2.32. The summed E-state index contributed by atoms with van der Waals surface area (Å²) in [7, 11) is 2.00. The highest BCUT2D eigenvalue weighted by atomic mass is 32.1. The van der Waals surface area contributed by atoms with Gasteiger partial charge in [0.15, 0.2) is 11.3 Å². The largest absolute Gasteiger partial charge is 0.310 e. The molecular weight excluding hydrogens is 444 g/mol. The first-order valence-corrected chi connectivity index (χ1v) is 11.4. The molecule has 6 heteroatoms. The van der Waals surface area contributed by atoms with E-state index in [1.807, 2.05) is 78.4 Å². The van der Waals surface area contributed by atoms with Gasteiger partial charge in [0.1, 0.15) is 11.6 Å². The molecule has 0 unspecified atom stereocenters. The van der Waals surface area contributed by atoms with Crippen LogP contribution < -0.4 is 0 Å². The Hall–Kier alpha value is -3.74. The molecule has 33 heavy (non-hydrogen) atoms. The van der Waals surface area contributed by atoms with Crippen molar-refractivity contribution in [2.45, 2.75) is 0 Å². The van der Waals surface area contributed by atoms with Crippen LogP contribution in [0.15, 0.2) is 90.5 Å². The molecule has 0 fully saturated rings. The van der Waals surface area contributed by atoms with Crippen LogP contribution in [0.3, 0.4) is 0 Å². The lowest BCUT2D eigenvalue weighted by Gasteiger charge is -2.07. The van der Waals surface area contributed by atoms with Crippen LogP contribution in [0.2, 0.25) is 0 Å². The molecule has 2 aromatic heterocycles. The standard InChI is InChI=1S/C27H18N4S2/c1-30-25(17-10-4-2-5-11-17)29-27-26(30)28-22(31(27)18-12-6-3-7-13-18)16-21-23(32)19-14-8-9-15-20(19)24(21)33/h2-16H,1H3. The molecule has 0 radical (unpaired) electrons. The Kier molecular flexibility index (Phi) is 4.64. The van der Waals surface area contributed by atoms with E-state index >= 15 is 0 Å². The van der Waals surface area contributed by atoms with Gasteiger partial charge in [0.2, 0.25) is 0 Å². The van der Waals surface area contributed by atoms with Crippen LogP contribution in [0.5, 0.6) is 0 Å². The molecule has 6 rings (SSSR count). The van der Waals surface area contributed by atoms with Crippen molar-refractivity contribution in [3.8, 4) is 17.1 Å². The van der Waals surface area contributed by atoms with Gasteiger partial charge in [-0.15, -0.1) is 0 Å². The Morgan fingerprint density at radius 2 is 1.27 bits per heavy atom. The number of imidazole rings is 2. The molecule has 4 nitrogen and oxygen atoms in total. The molecule has 0 saturated heterocycles. The molecule has 1 aliphatic carbocycles. The number of nitrogens with zero attached hydrogens (tertiary/aromatic N) is 4. The average Bonchev–Trinajstić information content (AvgIpc) is 3.46. The summed E-state index contributed by atoms with van der Waals surface area (Å²) in [5.74, 6) is 1.62. The van der Waals surface area contributed by atoms with E-state index in [-0.39, 0.29) is 0 Å². The van der Waals surface area contributed by atoms with Gasteiger partial charge >= 0.3 is 0 Å². The molecule has 0 amide bonds. The number of fused-ring (bicyclic) bond motifs is 2. The Morgan fingerprint density at radius 3 is 1.91 bits per heavy atom. The lowest BCUT2D eigenvalue weighted by atomic mass is 10.1. The zero-order valence-corrected chi connectivity index (χ0v) is 19.4. The molecule has 0 bridgehead atoms. The van der Waals surface area contributed by atoms with Crippen molar-refractivity contribution >= 4 is 51.5 Å². The Morgan fingerprint density at radius 1 is 0.697 bits per heavy atom. The van der Waals surface area contributed by atoms with Crippen molar-refractivity contribution in [2.75, 3.05) is 0 Å². The molecule has 158 valence electrons. The zero-order valence-electron chi connectivity index (χ0n) is 17.8. The first-order chi connectivity index (χ1) is 16.1. The van der Waals surface area contributed by atoms with Crippen molar-refractivity contribution in [3.63, 3.8) is 0 Å². The van der Waals surface area contributed by atoms with Gasteiger partial charge in [-0.2, -0.15) is 0 Å². The van der Waals surface area contributed by atoms with E-state index in [1.54, 1.807) is 0 Å². The number of aromatic nitrogens is 4. The molecular formula is C27H18N4S2. The predicted octanol–water partition coefficient (Wildman–Crippen LogP) is 5.96. The smallest absolute Gasteiger partial charge is 0.184 e. The lowest BCUT2D eigenvalue weighted by Crippen LogP contribution is -2.03. The van der Waals surface area contributed by atoms with E-state index in [1.165, 1.54) is 0 Å². The average molecular weight is 463 g/mol. The summed E-state index contributed by atoms with van der Waals surface area (Å²) in [5.41, 5.74) is 6.50. The summed E-state index contributed by atoms with van der Waals surface area (Å²) in [4.78, 5) is 11.5. The second-order valence-electron chi connectivity index (χ2n) is 7.91. The Labute approximate surface area is 201 Å². The maximum Gasteiger partial charge on any atom is 0.184 e. The predicted molar refractivity (Wildman–Crippen MR) is 141 cm³/mol. The highest BCUT2D eigenvalue weighted by molar-refractivity contribution is 7.84. The fourth-order valence-corrected chi connectivity index (χ4v) is 5.07. The van der Waals surface area contributed by atoms with Crippen LogP contribution in [0.25, 0.3) is 34.4 Å². The Bertz CT molecular complexity index is 1550. The maximum absolute atomic E-state index is 5.79. The van der Waals surface area contributed by atoms with Crippen LogP contribution in [-0.4, -0.2) is 28.8 Å². The monoisotopic (exact) mass is 462 g/mol. The topological polar surface area (TPSA) is 35.6 Å². The molecule has 3 aromatic carbocycles. The van der Waals surface area contributed by atoms with E-state index < -0.39 is 0 Å². The summed E-state index contributed by atoms with van der Waals surface area (Å²) >= 11 is 11.6. The van der Waals surface area contributed by atoms with Crippen LogP contribution in [-0.2, 0) is 7.05 Å². The normalized spacial score (nSPS) is 13.1.